The summed E-state index contributed by atoms with van der Waals surface area (Å²) >= 11 is 0. The molecule has 0 aromatic carbocycles. The second kappa shape index (κ2) is 18.2. The summed E-state index contributed by atoms with van der Waals surface area (Å²) in [6.07, 6.45) is 36.8. The minimum Gasteiger partial charge on any atom is -1.00 e. The summed E-state index contributed by atoms with van der Waals surface area (Å²) in [6.45, 7) is 4.76. The molecule has 1 N–H and O–H groups in total. The van der Waals surface area contributed by atoms with E-state index in [2.05, 4.69) is 42.1 Å². The average Bonchev–Trinajstić information content (AvgIpc) is 3.29. The summed E-state index contributed by atoms with van der Waals surface area (Å²) in [6, 6.07) is 0. The summed E-state index contributed by atoms with van der Waals surface area (Å²) in [4.78, 5) is 3.29. The third kappa shape index (κ3) is 11.9. The van der Waals surface area contributed by atoms with E-state index in [1.165, 1.54) is 135 Å². The van der Waals surface area contributed by atoms with Crippen molar-refractivity contribution in [1.82, 2.24) is 4.98 Å². The number of rotatable bonds is 18. The Morgan fingerprint density at radius 2 is 1.32 bits per heavy atom. The molecule has 0 radical (unpaired) electrons. The Labute approximate surface area is 205 Å². The van der Waals surface area contributed by atoms with E-state index in [4.69, 9.17) is 0 Å². The molecule has 2 rings (SSSR count). The van der Waals surface area contributed by atoms with E-state index in [0.717, 1.165) is 5.92 Å². The zero-order valence-corrected chi connectivity index (χ0v) is 22.6. The molecule has 31 heavy (non-hydrogen) atoms. The summed E-state index contributed by atoms with van der Waals surface area (Å²) in [5.74, 6) is 0.877. The number of nitrogens with one attached hydrogen (secondary N) is 1. The van der Waals surface area contributed by atoms with Gasteiger partial charge < -0.3 is 17.0 Å². The first kappa shape index (κ1) is 28.7. The van der Waals surface area contributed by atoms with Gasteiger partial charge in [-0.1, -0.05) is 117 Å². The van der Waals surface area contributed by atoms with Gasteiger partial charge in [0, 0.05) is 0 Å². The van der Waals surface area contributed by atoms with Gasteiger partial charge in [0.15, 0.2) is 0 Å². The molecule has 182 valence electrons. The highest BCUT2D eigenvalue weighted by Gasteiger charge is 2.39. The van der Waals surface area contributed by atoms with Crippen LogP contribution in [0.4, 0.5) is 0 Å². The Bertz CT molecular complexity index is 501. The van der Waals surface area contributed by atoms with E-state index in [0.29, 0.717) is 5.54 Å². The molecular formula is C28H53BrN2. The zero-order chi connectivity index (χ0) is 21.3. The number of hydrogen-bond acceptors (Lipinski definition) is 0. The van der Waals surface area contributed by atoms with Crippen LogP contribution in [0.3, 0.4) is 0 Å². The van der Waals surface area contributed by atoms with Gasteiger partial charge in [0.05, 0.1) is 0 Å². The fourth-order valence-corrected chi connectivity index (χ4v) is 5.81. The average molecular weight is 498 g/mol. The molecule has 2 unspecified atom stereocenters. The van der Waals surface area contributed by atoms with Gasteiger partial charge in [0.25, 0.3) is 0 Å². The molecule has 1 aliphatic rings. The Kier molecular flexibility index (Phi) is 16.8. The van der Waals surface area contributed by atoms with Crippen molar-refractivity contribution in [2.75, 3.05) is 0 Å². The van der Waals surface area contributed by atoms with Crippen molar-refractivity contribution in [3.8, 4) is 0 Å². The van der Waals surface area contributed by atoms with Crippen LogP contribution in [-0.2, 0) is 5.54 Å². The highest BCUT2D eigenvalue weighted by Crippen LogP contribution is 2.38. The maximum absolute atomic E-state index is 3.29. The summed E-state index contributed by atoms with van der Waals surface area (Å²) in [7, 11) is 0. The van der Waals surface area contributed by atoms with Crippen LogP contribution in [0, 0.1) is 5.92 Å². The highest BCUT2D eigenvalue weighted by molar-refractivity contribution is 4.82. The largest absolute Gasteiger partial charge is 1.00 e. The van der Waals surface area contributed by atoms with Crippen LogP contribution in [0.2, 0.25) is 0 Å². The molecule has 1 aromatic rings. The van der Waals surface area contributed by atoms with Crippen LogP contribution in [0.15, 0.2) is 18.7 Å². The zero-order valence-electron chi connectivity index (χ0n) is 21.0. The van der Waals surface area contributed by atoms with E-state index in [-0.39, 0.29) is 17.0 Å². The van der Waals surface area contributed by atoms with E-state index >= 15 is 0 Å². The Hall–Kier alpha value is -0.310. The molecule has 0 saturated heterocycles. The van der Waals surface area contributed by atoms with Gasteiger partial charge in [-0.05, 0) is 38.0 Å². The van der Waals surface area contributed by atoms with Crippen molar-refractivity contribution in [1.29, 1.82) is 0 Å². The lowest BCUT2D eigenvalue weighted by Crippen LogP contribution is -3.00. The monoisotopic (exact) mass is 496 g/mol. The number of imidazole rings is 1. The first-order chi connectivity index (χ1) is 14.8. The number of aromatic amines is 1. The van der Waals surface area contributed by atoms with E-state index in [9.17, 15) is 0 Å². The van der Waals surface area contributed by atoms with Gasteiger partial charge in [-0.25, -0.2) is 4.57 Å². The number of halogens is 1. The minimum atomic E-state index is 0. The van der Waals surface area contributed by atoms with Crippen molar-refractivity contribution >= 4 is 0 Å². The van der Waals surface area contributed by atoms with Gasteiger partial charge in [0.1, 0.15) is 17.9 Å². The Morgan fingerprint density at radius 1 is 0.806 bits per heavy atom. The van der Waals surface area contributed by atoms with Gasteiger partial charge in [0.2, 0.25) is 6.33 Å². The maximum Gasteiger partial charge on any atom is 0.241 e. The first-order valence-corrected chi connectivity index (χ1v) is 13.8. The summed E-state index contributed by atoms with van der Waals surface area (Å²) in [5, 5.41) is 0. The van der Waals surface area contributed by atoms with E-state index in [1.807, 2.05) is 0 Å². The molecule has 2 atom stereocenters. The number of aromatic nitrogens is 2. The predicted octanol–water partition coefficient (Wildman–Crippen LogP) is 5.86. The molecule has 1 saturated carbocycles. The number of unbranched alkanes of at least 4 members (excludes halogenated alkanes) is 15. The summed E-state index contributed by atoms with van der Waals surface area (Å²) in [5.41, 5.74) is 0.396. The fraction of sp³-hybridized carbons (Fsp3) is 0.893. The second-order valence-electron chi connectivity index (χ2n) is 10.5. The van der Waals surface area contributed by atoms with Crippen molar-refractivity contribution in [3.63, 3.8) is 0 Å². The molecule has 1 fully saturated rings. The molecule has 3 heteroatoms. The van der Waals surface area contributed by atoms with Crippen molar-refractivity contribution < 1.29 is 21.5 Å². The fourth-order valence-electron chi connectivity index (χ4n) is 5.81. The SMILES string of the molecule is CCCCCCCCCCCCCCCCCCC1([n+]2cc[nH]c2)CCCC(C)C1.[Br-]. The molecular weight excluding hydrogens is 444 g/mol. The van der Waals surface area contributed by atoms with Crippen LogP contribution in [0.1, 0.15) is 149 Å². The van der Waals surface area contributed by atoms with Gasteiger partial charge >= 0.3 is 0 Å². The topological polar surface area (TPSA) is 19.7 Å². The molecule has 1 aromatic heterocycles. The molecule has 0 aliphatic heterocycles. The third-order valence-corrected chi connectivity index (χ3v) is 7.66. The molecule has 0 bridgehead atoms. The van der Waals surface area contributed by atoms with Crippen LogP contribution in [-0.4, -0.2) is 4.98 Å². The van der Waals surface area contributed by atoms with Gasteiger partial charge in [-0.15, -0.1) is 0 Å². The normalized spacial score (nSPS) is 21.2. The van der Waals surface area contributed by atoms with Gasteiger partial charge in [-0.2, -0.15) is 0 Å². The maximum atomic E-state index is 3.29. The lowest BCUT2D eigenvalue weighted by atomic mass is 9.73. The minimum absolute atomic E-state index is 0. The highest BCUT2D eigenvalue weighted by atomic mass is 79.9. The van der Waals surface area contributed by atoms with Gasteiger partial charge in [-0.3, -0.25) is 4.98 Å². The molecule has 1 aliphatic carbocycles. The quantitative estimate of drug-likeness (QED) is 0.194. The number of nitrogens with zero attached hydrogens (tertiary/aromatic N) is 1. The third-order valence-electron chi connectivity index (χ3n) is 7.66. The summed E-state index contributed by atoms with van der Waals surface area (Å²) < 4.78 is 2.51. The number of H-pyrrole nitrogens is 1. The van der Waals surface area contributed by atoms with E-state index < -0.39 is 0 Å². The lowest BCUT2D eigenvalue weighted by Gasteiger charge is -2.37. The lowest BCUT2D eigenvalue weighted by molar-refractivity contribution is -0.769. The van der Waals surface area contributed by atoms with Crippen molar-refractivity contribution in [3.05, 3.63) is 18.7 Å². The van der Waals surface area contributed by atoms with Crippen molar-refractivity contribution in [2.24, 2.45) is 5.92 Å². The Balaban J connectivity index is 0.00000480. The predicted molar refractivity (Wildman–Crippen MR) is 131 cm³/mol. The smallest absolute Gasteiger partial charge is 0.241 e. The van der Waals surface area contributed by atoms with Crippen LogP contribution in [0.25, 0.3) is 0 Å². The van der Waals surface area contributed by atoms with Crippen LogP contribution < -0.4 is 21.5 Å². The number of hydrogen-bond donors (Lipinski definition) is 1. The molecule has 1 heterocycles. The second-order valence-corrected chi connectivity index (χ2v) is 10.5. The molecule has 0 spiro atoms. The standard InChI is InChI=1S/C28H52N2.BrH/c1-3-4-5-6-7-8-9-10-11-12-13-14-15-16-17-18-21-28(30-24-23-29-26-30)22-19-20-27(2)25-28;/h23-24,26-27H,3-22,25H2,1-2H3;1H. The first-order valence-electron chi connectivity index (χ1n) is 13.8. The molecule has 2 nitrogen and oxygen atoms in total. The van der Waals surface area contributed by atoms with Crippen molar-refractivity contribution in [2.45, 2.75) is 154 Å². The van der Waals surface area contributed by atoms with Crippen LogP contribution >= 0.6 is 0 Å². The Morgan fingerprint density at radius 3 is 1.77 bits per heavy atom. The van der Waals surface area contributed by atoms with Crippen LogP contribution in [0.5, 0.6) is 0 Å². The van der Waals surface area contributed by atoms with E-state index in [1.54, 1.807) is 0 Å². The molecule has 0 amide bonds.